The molecule has 3 heteroatoms. The second-order valence-electron chi connectivity index (χ2n) is 7.35. The van der Waals surface area contributed by atoms with Crippen molar-refractivity contribution in [2.45, 2.75) is 78.9 Å². The first kappa shape index (κ1) is 18.8. The molecule has 0 N–H and O–H groups in total. The molecule has 1 aromatic carbocycles. The highest BCUT2D eigenvalue weighted by atomic mass is 28.4. The minimum atomic E-state index is -2.03. The van der Waals surface area contributed by atoms with Crippen molar-refractivity contribution in [3.63, 3.8) is 0 Å². The van der Waals surface area contributed by atoms with E-state index in [4.69, 9.17) is 4.43 Å². The van der Waals surface area contributed by atoms with Gasteiger partial charge in [0.05, 0.1) is 5.56 Å². The van der Waals surface area contributed by atoms with Crippen molar-refractivity contribution in [2.24, 2.45) is 0 Å². The maximum Gasteiger partial charge on any atom is 0.258 e. The Morgan fingerprint density at radius 2 is 1.36 bits per heavy atom. The molecule has 22 heavy (non-hydrogen) atoms. The van der Waals surface area contributed by atoms with Crippen molar-refractivity contribution >= 4 is 8.32 Å². The Morgan fingerprint density at radius 3 is 1.73 bits per heavy atom. The molecule has 0 fully saturated rings. The molecule has 0 saturated carbocycles. The second-order valence-corrected chi connectivity index (χ2v) is 12.7. The highest BCUT2D eigenvalue weighted by Gasteiger charge is 2.47. The Kier molecular flexibility index (Phi) is 5.87. The van der Waals surface area contributed by atoms with Crippen LogP contribution < -0.4 is 4.43 Å². The van der Waals surface area contributed by atoms with Crippen LogP contribution in [0.2, 0.25) is 16.6 Å². The van der Waals surface area contributed by atoms with Crippen LogP contribution in [-0.2, 0) is 0 Å². The van der Waals surface area contributed by atoms with E-state index >= 15 is 0 Å². The Hall–Kier alpha value is -1.27. The summed E-state index contributed by atoms with van der Waals surface area (Å²) in [4.78, 5) is 0. The van der Waals surface area contributed by atoms with Gasteiger partial charge in [0.2, 0.25) is 0 Å². The number of rotatable bonds is 5. The van der Waals surface area contributed by atoms with Gasteiger partial charge in [-0.3, -0.25) is 0 Å². The Bertz CT molecular complexity index is 560. The van der Waals surface area contributed by atoms with E-state index in [-0.39, 0.29) is 0 Å². The summed E-state index contributed by atoms with van der Waals surface area (Å²) in [7, 11) is -2.03. The van der Waals surface area contributed by atoms with Gasteiger partial charge in [-0.25, -0.2) is 0 Å². The number of nitriles is 1. The number of aryl methyl sites for hydroxylation is 1. The van der Waals surface area contributed by atoms with Gasteiger partial charge in [-0.1, -0.05) is 41.5 Å². The van der Waals surface area contributed by atoms with E-state index in [9.17, 15) is 5.26 Å². The highest BCUT2D eigenvalue weighted by molar-refractivity contribution is 6.78. The predicted octanol–water partition coefficient (Wildman–Crippen LogP) is 6.04. The summed E-state index contributed by atoms with van der Waals surface area (Å²) in [6.07, 6.45) is 0. The number of hydrogen-bond acceptors (Lipinski definition) is 2. The van der Waals surface area contributed by atoms with Gasteiger partial charge in [0.25, 0.3) is 8.32 Å². The molecular formula is C19H31NOSi. The first-order chi connectivity index (χ1) is 10.1. The van der Waals surface area contributed by atoms with Crippen molar-refractivity contribution in [3.05, 3.63) is 28.3 Å². The van der Waals surface area contributed by atoms with Crippen molar-refractivity contribution < 1.29 is 4.43 Å². The van der Waals surface area contributed by atoms with E-state index in [1.54, 1.807) is 0 Å². The van der Waals surface area contributed by atoms with Crippen molar-refractivity contribution in [2.75, 3.05) is 0 Å². The number of benzene rings is 1. The van der Waals surface area contributed by atoms with Crippen LogP contribution in [0, 0.1) is 32.1 Å². The van der Waals surface area contributed by atoms with E-state index in [0.29, 0.717) is 22.2 Å². The molecule has 2 nitrogen and oxygen atoms in total. The SMILES string of the molecule is Cc1cc(O[Si](C(C)C)(C(C)C)C(C)C)c(C#N)c(C)c1C. The fourth-order valence-corrected chi connectivity index (χ4v) is 9.06. The molecule has 0 spiro atoms. The van der Waals surface area contributed by atoms with Crippen molar-refractivity contribution in [1.82, 2.24) is 0 Å². The van der Waals surface area contributed by atoms with E-state index in [2.05, 4.69) is 67.5 Å². The lowest BCUT2D eigenvalue weighted by molar-refractivity contribution is 0.477. The highest BCUT2D eigenvalue weighted by Crippen LogP contribution is 2.44. The van der Waals surface area contributed by atoms with Gasteiger partial charge in [-0.05, 0) is 60.2 Å². The van der Waals surface area contributed by atoms with E-state index in [0.717, 1.165) is 11.3 Å². The molecule has 1 aromatic rings. The Balaban J connectivity index is 3.53. The largest absolute Gasteiger partial charge is 0.542 e. The van der Waals surface area contributed by atoms with Crippen LogP contribution in [0.5, 0.6) is 5.75 Å². The van der Waals surface area contributed by atoms with E-state index in [1.165, 1.54) is 11.1 Å². The minimum Gasteiger partial charge on any atom is -0.542 e. The summed E-state index contributed by atoms with van der Waals surface area (Å²) >= 11 is 0. The topological polar surface area (TPSA) is 33.0 Å². The predicted molar refractivity (Wildman–Crippen MR) is 97.0 cm³/mol. The molecule has 0 amide bonds. The van der Waals surface area contributed by atoms with Crippen LogP contribution >= 0.6 is 0 Å². The second kappa shape index (κ2) is 6.87. The fraction of sp³-hybridized carbons (Fsp3) is 0.632. The molecule has 0 bridgehead atoms. The van der Waals surface area contributed by atoms with Crippen LogP contribution in [-0.4, -0.2) is 8.32 Å². The quantitative estimate of drug-likeness (QED) is 0.620. The van der Waals surface area contributed by atoms with Gasteiger partial charge in [-0.2, -0.15) is 5.26 Å². The lowest BCUT2D eigenvalue weighted by Gasteiger charge is -2.42. The maximum absolute atomic E-state index is 9.61. The molecule has 1 rings (SSSR count). The third-order valence-corrected chi connectivity index (χ3v) is 11.2. The van der Waals surface area contributed by atoms with Gasteiger partial charge in [-0.15, -0.1) is 0 Å². The Labute approximate surface area is 137 Å². The summed E-state index contributed by atoms with van der Waals surface area (Å²) in [6, 6.07) is 4.43. The molecule has 0 heterocycles. The monoisotopic (exact) mass is 317 g/mol. The van der Waals surface area contributed by atoms with Crippen LogP contribution in [0.3, 0.4) is 0 Å². The molecule has 0 aliphatic carbocycles. The first-order valence-corrected chi connectivity index (χ1v) is 10.4. The molecular weight excluding hydrogens is 286 g/mol. The van der Waals surface area contributed by atoms with Crippen LogP contribution in [0.25, 0.3) is 0 Å². The lowest BCUT2D eigenvalue weighted by atomic mass is 9.99. The number of hydrogen-bond donors (Lipinski definition) is 0. The van der Waals surface area contributed by atoms with Gasteiger partial charge >= 0.3 is 0 Å². The normalized spacial score (nSPS) is 12.1. The van der Waals surface area contributed by atoms with Crippen LogP contribution in [0.1, 0.15) is 63.8 Å². The number of nitrogens with zero attached hydrogens (tertiary/aromatic N) is 1. The summed E-state index contributed by atoms with van der Waals surface area (Å²) in [5.74, 6) is 0.797. The molecule has 0 unspecified atom stereocenters. The zero-order valence-corrected chi connectivity index (χ0v) is 16.7. The first-order valence-electron chi connectivity index (χ1n) is 8.29. The van der Waals surface area contributed by atoms with Crippen molar-refractivity contribution in [3.8, 4) is 11.8 Å². The summed E-state index contributed by atoms with van der Waals surface area (Å²) < 4.78 is 6.74. The summed E-state index contributed by atoms with van der Waals surface area (Å²) in [5, 5.41) is 9.61. The van der Waals surface area contributed by atoms with Gasteiger partial charge in [0.15, 0.2) is 0 Å². The van der Waals surface area contributed by atoms with E-state index in [1.807, 2.05) is 6.92 Å². The third kappa shape index (κ3) is 3.08. The fourth-order valence-electron chi connectivity index (χ4n) is 3.81. The maximum atomic E-state index is 9.61. The van der Waals surface area contributed by atoms with Crippen molar-refractivity contribution in [1.29, 1.82) is 5.26 Å². The molecule has 122 valence electrons. The standard InChI is InChI=1S/C19H31NOSi/c1-12(2)22(13(3)4,14(5)6)21-19-10-15(7)16(8)17(9)18(19)11-20/h10,12-14H,1-9H3. The van der Waals surface area contributed by atoms with E-state index < -0.39 is 8.32 Å². The average molecular weight is 318 g/mol. The molecule has 0 radical (unpaired) electrons. The molecule has 0 aliphatic heterocycles. The van der Waals surface area contributed by atoms with Gasteiger partial charge in [0.1, 0.15) is 11.8 Å². The Morgan fingerprint density at radius 1 is 0.909 bits per heavy atom. The summed E-state index contributed by atoms with van der Waals surface area (Å²) in [6.45, 7) is 19.8. The zero-order chi connectivity index (χ0) is 17.2. The molecule has 0 aromatic heterocycles. The van der Waals surface area contributed by atoms with Gasteiger partial charge < -0.3 is 4.43 Å². The van der Waals surface area contributed by atoms with Crippen LogP contribution in [0.15, 0.2) is 6.07 Å². The van der Waals surface area contributed by atoms with Crippen LogP contribution in [0.4, 0.5) is 0 Å². The smallest absolute Gasteiger partial charge is 0.258 e. The van der Waals surface area contributed by atoms with Gasteiger partial charge in [0, 0.05) is 0 Å². The molecule has 0 atom stereocenters. The summed E-state index contributed by atoms with van der Waals surface area (Å²) in [5.41, 5.74) is 5.65. The molecule has 0 saturated heterocycles. The molecule has 0 aliphatic rings. The lowest BCUT2D eigenvalue weighted by Crippen LogP contribution is -2.50. The third-order valence-electron chi connectivity index (χ3n) is 5.23. The zero-order valence-electron chi connectivity index (χ0n) is 15.7. The minimum absolute atomic E-state index is 0.501. The average Bonchev–Trinajstić information content (AvgIpc) is 2.41.